The molecule has 2 aliphatic carbocycles. The van der Waals surface area contributed by atoms with Crippen LogP contribution in [0.2, 0.25) is 5.02 Å². The highest BCUT2D eigenvalue weighted by molar-refractivity contribution is 9.10. The molecule has 4 aromatic rings. The number of nitrogen functional groups attached to an aromatic ring is 1. The second kappa shape index (κ2) is 16.9. The number of nitrogens with one attached hydrogen (secondary N) is 1. The number of hydrogen-bond acceptors (Lipinski definition) is 7. The lowest BCUT2D eigenvalue weighted by atomic mass is 9.92. The van der Waals surface area contributed by atoms with Gasteiger partial charge in [0, 0.05) is 50.3 Å². The van der Waals surface area contributed by atoms with Gasteiger partial charge < -0.3 is 20.5 Å². The van der Waals surface area contributed by atoms with Gasteiger partial charge in [-0.1, -0.05) is 37.8 Å². The summed E-state index contributed by atoms with van der Waals surface area (Å²) >= 11 is 9.66. The summed E-state index contributed by atoms with van der Waals surface area (Å²) in [5.41, 5.74) is 11.3. The number of esters is 1. The van der Waals surface area contributed by atoms with E-state index in [2.05, 4.69) is 33.1 Å². The van der Waals surface area contributed by atoms with Crippen LogP contribution in [0.1, 0.15) is 102 Å². The molecule has 1 aromatic heterocycles. The maximum atomic E-state index is 13.7. The molecule has 0 atom stereocenters. The van der Waals surface area contributed by atoms with Gasteiger partial charge in [0.2, 0.25) is 0 Å². The number of carbonyl (C=O) groups excluding carboxylic acids is 3. The Hall–Kier alpha value is -3.86. The van der Waals surface area contributed by atoms with Crippen LogP contribution < -0.4 is 15.8 Å². The SMILES string of the molecule is CCN(Cc1cc(C(=O)NC2CCC(OC(=O)Cc3c(C)n(C(=O)c4ccc(Cl)cc4)c4ccc(OC)cc34)CC2)cc(Br)c1N)C1CCCCC1. The van der Waals surface area contributed by atoms with E-state index in [-0.39, 0.29) is 36.4 Å². The van der Waals surface area contributed by atoms with Crippen LogP contribution in [0.15, 0.2) is 59.1 Å². The van der Waals surface area contributed by atoms with E-state index in [1.165, 1.54) is 32.1 Å². The number of fused-ring (bicyclic) bond motifs is 1. The molecule has 52 heavy (non-hydrogen) atoms. The van der Waals surface area contributed by atoms with Crippen LogP contribution in [-0.4, -0.2) is 59.1 Å². The number of anilines is 1. The summed E-state index contributed by atoms with van der Waals surface area (Å²) in [6, 6.07) is 16.5. The number of aromatic nitrogens is 1. The third-order valence-electron chi connectivity index (χ3n) is 10.8. The highest BCUT2D eigenvalue weighted by atomic mass is 79.9. The lowest BCUT2D eigenvalue weighted by Crippen LogP contribution is -2.39. The summed E-state index contributed by atoms with van der Waals surface area (Å²) in [5, 5.41) is 4.52. The van der Waals surface area contributed by atoms with Gasteiger partial charge in [-0.05, 0) is 134 Å². The normalized spacial score (nSPS) is 18.0. The van der Waals surface area contributed by atoms with E-state index >= 15 is 0 Å². The van der Waals surface area contributed by atoms with Crippen LogP contribution in [0.5, 0.6) is 5.75 Å². The van der Waals surface area contributed by atoms with Crippen molar-refractivity contribution in [1.82, 2.24) is 14.8 Å². The van der Waals surface area contributed by atoms with Gasteiger partial charge in [-0.2, -0.15) is 0 Å². The van der Waals surface area contributed by atoms with Crippen molar-refractivity contribution in [3.63, 3.8) is 0 Å². The number of halogens is 2. The van der Waals surface area contributed by atoms with Crippen LogP contribution >= 0.6 is 27.5 Å². The van der Waals surface area contributed by atoms with Gasteiger partial charge in [0.1, 0.15) is 11.9 Å². The number of ether oxygens (including phenoxy) is 2. The minimum absolute atomic E-state index is 0.0115. The Kier molecular flexibility index (Phi) is 12.3. The summed E-state index contributed by atoms with van der Waals surface area (Å²) in [4.78, 5) is 43.0. The van der Waals surface area contributed by atoms with E-state index in [1.807, 2.05) is 25.1 Å². The topological polar surface area (TPSA) is 116 Å². The van der Waals surface area contributed by atoms with Crippen LogP contribution in [0.25, 0.3) is 10.9 Å². The lowest BCUT2D eigenvalue weighted by molar-refractivity contribution is -0.149. The maximum absolute atomic E-state index is 13.7. The quantitative estimate of drug-likeness (QED) is 0.116. The standard InChI is InChI=1S/C41H48BrClN4O5/c1-4-46(31-8-6-5-7-9-31)24-28-20-27(21-36(42)39(28)44)40(49)45-30-14-16-32(17-15-30)52-38(48)23-34-25(2)47(37-19-18-33(51-3)22-35(34)37)41(50)26-10-12-29(43)13-11-26/h10-13,18-22,30-32H,4-9,14-17,23-24,44H2,1-3H3,(H,45,49). The second-order valence-electron chi connectivity index (χ2n) is 14.1. The predicted molar refractivity (Wildman–Crippen MR) is 209 cm³/mol. The van der Waals surface area contributed by atoms with Crippen molar-refractivity contribution in [3.05, 3.63) is 92.0 Å². The first-order valence-electron chi connectivity index (χ1n) is 18.4. The van der Waals surface area contributed by atoms with E-state index in [0.29, 0.717) is 70.5 Å². The maximum Gasteiger partial charge on any atom is 0.310 e. The second-order valence-corrected chi connectivity index (χ2v) is 15.4. The fourth-order valence-electron chi connectivity index (χ4n) is 7.86. The Bertz CT molecular complexity index is 1930. The molecule has 0 bridgehead atoms. The van der Waals surface area contributed by atoms with Crippen molar-refractivity contribution in [2.75, 3.05) is 19.4 Å². The van der Waals surface area contributed by atoms with Crippen molar-refractivity contribution in [1.29, 1.82) is 0 Å². The van der Waals surface area contributed by atoms with E-state index in [9.17, 15) is 14.4 Å². The summed E-state index contributed by atoms with van der Waals surface area (Å²) in [7, 11) is 1.58. The van der Waals surface area contributed by atoms with Gasteiger partial charge >= 0.3 is 5.97 Å². The molecule has 2 saturated carbocycles. The zero-order valence-corrected chi connectivity index (χ0v) is 32.5. The van der Waals surface area contributed by atoms with Gasteiger partial charge in [-0.15, -0.1) is 0 Å². The first kappa shape index (κ1) is 37.9. The molecule has 0 radical (unpaired) electrons. The molecule has 1 heterocycles. The molecule has 9 nitrogen and oxygen atoms in total. The van der Waals surface area contributed by atoms with Gasteiger partial charge in [-0.3, -0.25) is 23.9 Å². The summed E-state index contributed by atoms with van der Waals surface area (Å²) in [6.45, 7) is 5.69. The summed E-state index contributed by atoms with van der Waals surface area (Å²) < 4.78 is 13.8. The number of amides is 1. The van der Waals surface area contributed by atoms with Crippen LogP contribution in [-0.2, 0) is 22.5 Å². The Morgan fingerprint density at radius 2 is 1.67 bits per heavy atom. The number of nitrogens with two attached hydrogens (primary N) is 1. The van der Waals surface area contributed by atoms with Gasteiger partial charge in [0.05, 0.1) is 24.7 Å². The summed E-state index contributed by atoms with van der Waals surface area (Å²) in [5.74, 6) is -0.0682. The minimum Gasteiger partial charge on any atom is -0.497 e. The van der Waals surface area contributed by atoms with Crippen molar-refractivity contribution in [2.45, 2.75) is 103 Å². The first-order chi connectivity index (χ1) is 25.1. The Morgan fingerprint density at radius 3 is 2.35 bits per heavy atom. The van der Waals surface area contributed by atoms with Gasteiger partial charge in [-0.25, -0.2) is 0 Å². The zero-order valence-electron chi connectivity index (χ0n) is 30.2. The van der Waals surface area contributed by atoms with Gasteiger partial charge in [0.25, 0.3) is 11.8 Å². The van der Waals surface area contributed by atoms with Crippen molar-refractivity contribution < 1.29 is 23.9 Å². The number of benzene rings is 3. The molecule has 276 valence electrons. The highest BCUT2D eigenvalue weighted by Crippen LogP contribution is 2.33. The zero-order chi connectivity index (χ0) is 36.9. The third-order valence-corrected chi connectivity index (χ3v) is 11.7. The molecule has 3 N–H and O–H groups in total. The first-order valence-corrected chi connectivity index (χ1v) is 19.5. The molecule has 1 amide bonds. The van der Waals surface area contributed by atoms with Crippen LogP contribution in [0.3, 0.4) is 0 Å². The van der Waals surface area contributed by atoms with Crippen molar-refractivity contribution in [3.8, 4) is 5.75 Å². The molecular formula is C41H48BrClN4O5. The van der Waals surface area contributed by atoms with E-state index in [0.717, 1.165) is 34.1 Å². The number of hydrogen-bond donors (Lipinski definition) is 2. The largest absolute Gasteiger partial charge is 0.497 e. The lowest BCUT2D eigenvalue weighted by Gasteiger charge is -2.34. The predicted octanol–water partition coefficient (Wildman–Crippen LogP) is 8.63. The molecule has 0 unspecified atom stereocenters. The number of carbonyl (C=O) groups is 3. The average molecular weight is 792 g/mol. The Morgan fingerprint density at radius 1 is 0.962 bits per heavy atom. The Balaban J connectivity index is 1.07. The van der Waals surface area contributed by atoms with Crippen LogP contribution in [0, 0.1) is 6.92 Å². The molecule has 6 rings (SSSR count). The third kappa shape index (κ3) is 8.50. The smallest absolute Gasteiger partial charge is 0.310 e. The molecule has 11 heteroatoms. The highest BCUT2D eigenvalue weighted by Gasteiger charge is 2.28. The number of nitrogens with zero attached hydrogens (tertiary/aromatic N) is 2. The molecule has 3 aromatic carbocycles. The Labute approximate surface area is 319 Å². The molecule has 0 saturated heterocycles. The molecule has 2 aliphatic rings. The number of methoxy groups -OCH3 is 1. The molecule has 0 aliphatic heterocycles. The average Bonchev–Trinajstić information content (AvgIpc) is 3.42. The van der Waals surface area contributed by atoms with Crippen molar-refractivity contribution in [2.24, 2.45) is 0 Å². The minimum atomic E-state index is -0.356. The van der Waals surface area contributed by atoms with Crippen LogP contribution in [0.4, 0.5) is 5.69 Å². The fraction of sp³-hybridized carbons (Fsp3) is 0.439. The molecule has 2 fully saturated rings. The number of rotatable bonds is 11. The van der Waals surface area contributed by atoms with E-state index in [1.54, 1.807) is 48.1 Å². The van der Waals surface area contributed by atoms with E-state index in [4.69, 9.17) is 26.8 Å². The summed E-state index contributed by atoms with van der Waals surface area (Å²) in [6.07, 6.45) is 8.68. The van der Waals surface area contributed by atoms with Crippen molar-refractivity contribution >= 4 is 61.9 Å². The fourth-order valence-corrected chi connectivity index (χ4v) is 8.49. The van der Waals surface area contributed by atoms with E-state index < -0.39 is 0 Å². The molecule has 0 spiro atoms. The monoisotopic (exact) mass is 790 g/mol. The van der Waals surface area contributed by atoms with Gasteiger partial charge in [0.15, 0.2) is 0 Å². The molecular weight excluding hydrogens is 744 g/mol.